The van der Waals surface area contributed by atoms with E-state index in [1.807, 2.05) is 6.33 Å². The lowest BCUT2D eigenvalue weighted by Gasteiger charge is -2.27. The molecule has 28 heavy (non-hydrogen) atoms. The van der Waals surface area contributed by atoms with Crippen molar-refractivity contribution in [2.24, 2.45) is 5.73 Å². The molecule has 0 amide bonds. The molecule has 0 aromatic carbocycles. The SMILES string of the molecule is COCCCNc1nc(N[C@H]2CC[C@H](N)CC2)nc2c1ncn2C1CCCC1. The molecule has 0 saturated heterocycles. The fraction of sp³-hybridized carbons (Fsp3) is 0.750. The van der Waals surface area contributed by atoms with Crippen molar-refractivity contribution in [1.82, 2.24) is 19.5 Å². The summed E-state index contributed by atoms with van der Waals surface area (Å²) in [6.07, 6.45) is 12.1. The minimum Gasteiger partial charge on any atom is -0.385 e. The number of hydrogen-bond donors (Lipinski definition) is 3. The van der Waals surface area contributed by atoms with Gasteiger partial charge < -0.3 is 25.7 Å². The van der Waals surface area contributed by atoms with E-state index in [4.69, 9.17) is 20.4 Å². The summed E-state index contributed by atoms with van der Waals surface area (Å²) in [5.41, 5.74) is 7.85. The van der Waals surface area contributed by atoms with Crippen molar-refractivity contribution in [1.29, 1.82) is 0 Å². The number of rotatable bonds is 8. The molecule has 154 valence electrons. The summed E-state index contributed by atoms with van der Waals surface area (Å²) in [7, 11) is 1.73. The van der Waals surface area contributed by atoms with Gasteiger partial charge in [-0.3, -0.25) is 0 Å². The van der Waals surface area contributed by atoms with Gasteiger partial charge in [0.1, 0.15) is 0 Å². The van der Waals surface area contributed by atoms with Crippen molar-refractivity contribution in [3.8, 4) is 0 Å². The van der Waals surface area contributed by atoms with Crippen molar-refractivity contribution in [2.45, 2.75) is 75.9 Å². The van der Waals surface area contributed by atoms with Crippen LogP contribution in [0, 0.1) is 0 Å². The number of aromatic nitrogens is 4. The van der Waals surface area contributed by atoms with E-state index >= 15 is 0 Å². The lowest BCUT2D eigenvalue weighted by molar-refractivity contribution is 0.198. The Morgan fingerprint density at radius 2 is 1.93 bits per heavy atom. The molecule has 4 N–H and O–H groups in total. The van der Waals surface area contributed by atoms with Gasteiger partial charge in [-0.15, -0.1) is 0 Å². The highest BCUT2D eigenvalue weighted by molar-refractivity contribution is 5.84. The van der Waals surface area contributed by atoms with Gasteiger partial charge in [0.25, 0.3) is 0 Å². The number of hydrogen-bond acceptors (Lipinski definition) is 7. The largest absolute Gasteiger partial charge is 0.385 e. The van der Waals surface area contributed by atoms with E-state index in [9.17, 15) is 0 Å². The molecule has 2 aromatic heterocycles. The number of fused-ring (bicyclic) bond motifs is 1. The van der Waals surface area contributed by atoms with Crippen molar-refractivity contribution < 1.29 is 4.74 Å². The Bertz CT molecular complexity index is 763. The molecule has 8 nitrogen and oxygen atoms in total. The van der Waals surface area contributed by atoms with Gasteiger partial charge in [-0.25, -0.2) is 4.98 Å². The van der Waals surface area contributed by atoms with Crippen LogP contribution in [0.15, 0.2) is 6.33 Å². The molecule has 2 aliphatic carbocycles. The second kappa shape index (κ2) is 9.05. The summed E-state index contributed by atoms with van der Waals surface area (Å²) >= 11 is 0. The van der Waals surface area contributed by atoms with E-state index in [2.05, 4.69) is 20.2 Å². The van der Waals surface area contributed by atoms with Gasteiger partial charge in [-0.1, -0.05) is 12.8 Å². The monoisotopic (exact) mass is 387 g/mol. The van der Waals surface area contributed by atoms with Crippen LogP contribution in [0.5, 0.6) is 0 Å². The second-order valence-corrected chi connectivity index (χ2v) is 8.19. The summed E-state index contributed by atoms with van der Waals surface area (Å²) in [4.78, 5) is 14.3. The number of nitrogens with two attached hydrogens (primary N) is 1. The Morgan fingerprint density at radius 1 is 1.14 bits per heavy atom. The molecule has 2 fully saturated rings. The van der Waals surface area contributed by atoms with Gasteiger partial charge in [-0.2, -0.15) is 9.97 Å². The standard InChI is InChI=1S/C20H33N7O/c1-28-12-4-11-22-18-17-19(27(13-23-17)16-5-2-3-6-16)26-20(25-18)24-15-9-7-14(21)8-10-15/h13-16H,2-12,21H2,1H3,(H2,22,24,25,26)/t14-,15-. The van der Waals surface area contributed by atoms with Gasteiger partial charge in [0.2, 0.25) is 5.95 Å². The molecule has 2 aromatic rings. The molecule has 2 heterocycles. The average Bonchev–Trinajstić information content (AvgIpc) is 3.36. The number of anilines is 2. The normalized spacial score (nSPS) is 23.4. The van der Waals surface area contributed by atoms with E-state index in [-0.39, 0.29) is 0 Å². The zero-order valence-corrected chi connectivity index (χ0v) is 16.9. The molecule has 0 bridgehead atoms. The number of nitrogens with zero attached hydrogens (tertiary/aromatic N) is 4. The Hall–Kier alpha value is -1.93. The Morgan fingerprint density at radius 3 is 2.68 bits per heavy atom. The molecule has 0 radical (unpaired) electrons. The van der Waals surface area contributed by atoms with E-state index in [0.29, 0.717) is 24.1 Å². The van der Waals surface area contributed by atoms with Crippen LogP contribution in [0.3, 0.4) is 0 Å². The molecule has 0 atom stereocenters. The molecule has 0 aliphatic heterocycles. The summed E-state index contributed by atoms with van der Waals surface area (Å²) in [5, 5.41) is 7.00. The topological polar surface area (TPSA) is 103 Å². The number of nitrogens with one attached hydrogen (secondary N) is 2. The van der Waals surface area contributed by atoms with Crippen LogP contribution in [0.2, 0.25) is 0 Å². The lowest BCUT2D eigenvalue weighted by atomic mass is 9.92. The van der Waals surface area contributed by atoms with Crippen LogP contribution in [0.4, 0.5) is 11.8 Å². The second-order valence-electron chi connectivity index (χ2n) is 8.19. The molecule has 2 saturated carbocycles. The van der Waals surface area contributed by atoms with Crippen molar-refractivity contribution in [3.05, 3.63) is 6.33 Å². The van der Waals surface area contributed by atoms with Gasteiger partial charge in [0.15, 0.2) is 17.0 Å². The molecule has 2 aliphatic rings. The number of imidazole rings is 1. The third-order valence-electron chi connectivity index (χ3n) is 6.06. The summed E-state index contributed by atoms with van der Waals surface area (Å²) < 4.78 is 7.41. The van der Waals surface area contributed by atoms with Crippen LogP contribution in [0.1, 0.15) is 63.8 Å². The maximum Gasteiger partial charge on any atom is 0.227 e. The molecule has 8 heteroatoms. The predicted molar refractivity (Wildman–Crippen MR) is 112 cm³/mol. The van der Waals surface area contributed by atoms with Gasteiger partial charge in [0, 0.05) is 38.4 Å². The van der Waals surface area contributed by atoms with Crippen molar-refractivity contribution >= 4 is 22.9 Å². The number of methoxy groups -OCH3 is 1. The zero-order valence-electron chi connectivity index (χ0n) is 16.9. The maximum atomic E-state index is 6.05. The minimum absolute atomic E-state index is 0.336. The summed E-state index contributed by atoms with van der Waals surface area (Å²) in [6.45, 7) is 1.53. The summed E-state index contributed by atoms with van der Waals surface area (Å²) in [5.74, 6) is 1.51. The highest BCUT2D eigenvalue weighted by Crippen LogP contribution is 2.33. The molecule has 0 spiro atoms. The van der Waals surface area contributed by atoms with E-state index in [1.165, 1.54) is 25.7 Å². The zero-order chi connectivity index (χ0) is 19.3. The maximum absolute atomic E-state index is 6.05. The quantitative estimate of drug-likeness (QED) is 0.598. The van der Waals surface area contributed by atoms with E-state index < -0.39 is 0 Å². The fourth-order valence-electron chi connectivity index (χ4n) is 4.42. The van der Waals surface area contributed by atoms with Crippen molar-refractivity contribution in [3.63, 3.8) is 0 Å². The molecular formula is C20H33N7O. The lowest BCUT2D eigenvalue weighted by Crippen LogP contribution is -2.33. The van der Waals surface area contributed by atoms with Crippen LogP contribution >= 0.6 is 0 Å². The van der Waals surface area contributed by atoms with Gasteiger partial charge in [0.05, 0.1) is 6.33 Å². The predicted octanol–water partition coefficient (Wildman–Crippen LogP) is 3.07. The van der Waals surface area contributed by atoms with Crippen LogP contribution in [-0.2, 0) is 4.74 Å². The minimum atomic E-state index is 0.336. The summed E-state index contributed by atoms with van der Waals surface area (Å²) in [6, 6.07) is 1.23. The van der Waals surface area contributed by atoms with Crippen molar-refractivity contribution in [2.75, 3.05) is 30.9 Å². The van der Waals surface area contributed by atoms with Gasteiger partial charge >= 0.3 is 0 Å². The third kappa shape index (κ3) is 4.38. The van der Waals surface area contributed by atoms with Crippen LogP contribution in [-0.4, -0.2) is 51.9 Å². The van der Waals surface area contributed by atoms with Crippen LogP contribution < -0.4 is 16.4 Å². The number of ether oxygens (including phenoxy) is 1. The molecule has 4 rings (SSSR count). The Balaban J connectivity index is 1.59. The smallest absolute Gasteiger partial charge is 0.227 e. The third-order valence-corrected chi connectivity index (χ3v) is 6.06. The average molecular weight is 388 g/mol. The first-order valence-electron chi connectivity index (χ1n) is 10.7. The first kappa shape index (κ1) is 19.4. The highest BCUT2D eigenvalue weighted by Gasteiger charge is 2.23. The van der Waals surface area contributed by atoms with Crippen LogP contribution in [0.25, 0.3) is 11.2 Å². The van der Waals surface area contributed by atoms with E-state index in [0.717, 1.165) is 62.2 Å². The molecule has 0 unspecified atom stereocenters. The first-order chi connectivity index (χ1) is 13.7. The molecular weight excluding hydrogens is 354 g/mol. The highest BCUT2D eigenvalue weighted by atomic mass is 16.5. The Kier molecular flexibility index (Phi) is 6.26. The van der Waals surface area contributed by atoms with E-state index in [1.54, 1.807) is 7.11 Å². The van der Waals surface area contributed by atoms with Gasteiger partial charge in [-0.05, 0) is 44.9 Å². The Labute approximate surface area is 166 Å². The first-order valence-corrected chi connectivity index (χ1v) is 10.7. The fourth-order valence-corrected chi connectivity index (χ4v) is 4.42.